The fourth-order valence-electron chi connectivity index (χ4n) is 3.13. The van der Waals surface area contributed by atoms with E-state index in [9.17, 15) is 0 Å². The summed E-state index contributed by atoms with van der Waals surface area (Å²) in [6, 6.07) is 22.6. The lowest BCUT2D eigenvalue weighted by Crippen LogP contribution is -2.43. The highest BCUT2D eigenvalue weighted by molar-refractivity contribution is 5.38. The molecule has 104 valence electrons. The van der Waals surface area contributed by atoms with E-state index >= 15 is 0 Å². The van der Waals surface area contributed by atoms with Crippen molar-refractivity contribution >= 4 is 0 Å². The number of hydrogen-bond donors (Lipinski definition) is 1. The van der Waals surface area contributed by atoms with Crippen LogP contribution in [0.25, 0.3) is 0 Å². The molecule has 1 heteroatoms. The smallest absolute Gasteiger partial charge is 0.0175 e. The third-order valence-corrected chi connectivity index (χ3v) is 4.74. The van der Waals surface area contributed by atoms with Gasteiger partial charge in [-0.2, -0.15) is 0 Å². The van der Waals surface area contributed by atoms with Crippen LogP contribution in [-0.4, -0.2) is 12.6 Å². The van der Waals surface area contributed by atoms with Gasteiger partial charge in [0.05, 0.1) is 0 Å². The minimum Gasteiger partial charge on any atom is -0.314 e. The van der Waals surface area contributed by atoms with Crippen LogP contribution < -0.4 is 5.32 Å². The second-order valence-corrected chi connectivity index (χ2v) is 6.04. The molecule has 20 heavy (non-hydrogen) atoms. The standard InChI is InChI=1S/C19H23N/c1-19(14-12-18-13-15-20-18,16-8-4-2-5-9-16)17-10-6-3-7-11-17/h2-11,18,20H,12-15H2,1H3/t18-/m1/s1. The first-order valence-corrected chi connectivity index (χ1v) is 7.63. The normalized spacial score (nSPS) is 18.6. The molecule has 0 bridgehead atoms. The van der Waals surface area contributed by atoms with Gasteiger partial charge in [0.25, 0.3) is 0 Å². The molecule has 1 fully saturated rings. The molecule has 1 saturated heterocycles. The van der Waals surface area contributed by atoms with Gasteiger partial charge in [-0.15, -0.1) is 0 Å². The summed E-state index contributed by atoms with van der Waals surface area (Å²) in [5, 5.41) is 3.52. The van der Waals surface area contributed by atoms with E-state index in [1.807, 2.05) is 0 Å². The van der Waals surface area contributed by atoms with E-state index in [-0.39, 0.29) is 5.41 Å². The van der Waals surface area contributed by atoms with E-state index in [1.54, 1.807) is 0 Å². The van der Waals surface area contributed by atoms with Gasteiger partial charge in [-0.05, 0) is 36.9 Å². The van der Waals surface area contributed by atoms with Crippen molar-refractivity contribution in [2.24, 2.45) is 0 Å². The maximum absolute atomic E-state index is 3.52. The van der Waals surface area contributed by atoms with Gasteiger partial charge in [0.2, 0.25) is 0 Å². The average molecular weight is 265 g/mol. The number of nitrogens with one attached hydrogen (secondary N) is 1. The predicted octanol–water partition coefficient (Wildman–Crippen LogP) is 4.13. The van der Waals surface area contributed by atoms with Gasteiger partial charge >= 0.3 is 0 Å². The Morgan fingerprint density at radius 2 is 1.45 bits per heavy atom. The first kappa shape index (κ1) is 13.4. The van der Waals surface area contributed by atoms with Gasteiger partial charge in [-0.25, -0.2) is 0 Å². The topological polar surface area (TPSA) is 12.0 Å². The lowest BCUT2D eigenvalue weighted by atomic mass is 9.72. The quantitative estimate of drug-likeness (QED) is 0.857. The highest BCUT2D eigenvalue weighted by Gasteiger charge is 2.30. The van der Waals surface area contributed by atoms with Crippen molar-refractivity contribution in [3.8, 4) is 0 Å². The summed E-state index contributed by atoms with van der Waals surface area (Å²) < 4.78 is 0. The summed E-state index contributed by atoms with van der Waals surface area (Å²) in [7, 11) is 0. The zero-order valence-corrected chi connectivity index (χ0v) is 12.2. The van der Waals surface area contributed by atoms with Crippen LogP contribution in [0.1, 0.15) is 37.3 Å². The van der Waals surface area contributed by atoms with Crippen molar-refractivity contribution in [1.29, 1.82) is 0 Å². The number of hydrogen-bond acceptors (Lipinski definition) is 1. The Morgan fingerprint density at radius 3 is 1.85 bits per heavy atom. The van der Waals surface area contributed by atoms with E-state index in [0.717, 1.165) is 6.04 Å². The lowest BCUT2D eigenvalue weighted by Gasteiger charge is -2.35. The molecule has 2 aromatic carbocycles. The first-order valence-electron chi connectivity index (χ1n) is 7.63. The molecule has 0 aromatic heterocycles. The van der Waals surface area contributed by atoms with Crippen LogP contribution in [0, 0.1) is 0 Å². The molecule has 0 unspecified atom stereocenters. The van der Waals surface area contributed by atoms with Crippen LogP contribution in [0.4, 0.5) is 0 Å². The fourth-order valence-corrected chi connectivity index (χ4v) is 3.13. The minimum atomic E-state index is 0.111. The van der Waals surface area contributed by atoms with Crippen LogP contribution in [0.3, 0.4) is 0 Å². The number of rotatable bonds is 5. The van der Waals surface area contributed by atoms with Crippen LogP contribution in [0.5, 0.6) is 0 Å². The van der Waals surface area contributed by atoms with Gasteiger partial charge in [0.15, 0.2) is 0 Å². The molecule has 0 amide bonds. The van der Waals surface area contributed by atoms with E-state index in [2.05, 4.69) is 72.9 Å². The van der Waals surface area contributed by atoms with Crippen LogP contribution >= 0.6 is 0 Å². The molecule has 0 aliphatic carbocycles. The van der Waals surface area contributed by atoms with Crippen molar-refractivity contribution in [2.75, 3.05) is 6.54 Å². The summed E-state index contributed by atoms with van der Waals surface area (Å²) in [4.78, 5) is 0. The highest BCUT2D eigenvalue weighted by atomic mass is 15.0. The molecule has 1 atom stereocenters. The zero-order valence-electron chi connectivity index (χ0n) is 12.2. The van der Waals surface area contributed by atoms with Crippen LogP contribution in [0.2, 0.25) is 0 Å². The lowest BCUT2D eigenvalue weighted by molar-refractivity contribution is 0.320. The Kier molecular flexibility index (Phi) is 3.88. The predicted molar refractivity (Wildman–Crippen MR) is 85.0 cm³/mol. The molecule has 3 rings (SSSR count). The van der Waals surface area contributed by atoms with Crippen molar-refractivity contribution in [1.82, 2.24) is 5.32 Å². The molecule has 1 nitrogen and oxygen atoms in total. The van der Waals surface area contributed by atoms with Gasteiger partial charge in [0, 0.05) is 11.5 Å². The summed E-state index contributed by atoms with van der Waals surface area (Å²) in [5.41, 5.74) is 2.95. The molecule has 1 N–H and O–H groups in total. The van der Waals surface area contributed by atoms with Gasteiger partial charge in [-0.3, -0.25) is 0 Å². The van der Waals surface area contributed by atoms with Gasteiger partial charge in [0.1, 0.15) is 0 Å². The fraction of sp³-hybridized carbons (Fsp3) is 0.368. The maximum Gasteiger partial charge on any atom is 0.0175 e. The molecule has 0 radical (unpaired) electrons. The van der Waals surface area contributed by atoms with Crippen molar-refractivity contribution in [3.05, 3.63) is 71.8 Å². The molecular weight excluding hydrogens is 242 g/mol. The second-order valence-electron chi connectivity index (χ2n) is 6.04. The van der Waals surface area contributed by atoms with E-state index in [4.69, 9.17) is 0 Å². The van der Waals surface area contributed by atoms with Crippen molar-refractivity contribution < 1.29 is 0 Å². The molecular formula is C19H23N. The zero-order chi connectivity index (χ0) is 13.8. The molecule has 0 saturated carbocycles. The SMILES string of the molecule is CC(CC[C@@H]1CCN1)(c1ccccc1)c1ccccc1. The first-order chi connectivity index (χ1) is 9.79. The maximum atomic E-state index is 3.52. The monoisotopic (exact) mass is 265 g/mol. The van der Waals surface area contributed by atoms with E-state index in [0.29, 0.717) is 0 Å². The van der Waals surface area contributed by atoms with E-state index < -0.39 is 0 Å². The summed E-state index contributed by atoms with van der Waals surface area (Å²) in [5.74, 6) is 0. The minimum absolute atomic E-state index is 0.111. The van der Waals surface area contributed by atoms with E-state index in [1.165, 1.54) is 36.9 Å². The highest BCUT2D eigenvalue weighted by Crippen LogP contribution is 2.37. The van der Waals surface area contributed by atoms with Crippen LogP contribution in [0.15, 0.2) is 60.7 Å². The van der Waals surface area contributed by atoms with Crippen molar-refractivity contribution in [2.45, 2.75) is 37.6 Å². The molecule has 1 aliphatic heterocycles. The third-order valence-electron chi connectivity index (χ3n) is 4.74. The molecule has 0 spiro atoms. The van der Waals surface area contributed by atoms with Gasteiger partial charge < -0.3 is 5.32 Å². The summed E-state index contributed by atoms with van der Waals surface area (Å²) in [6.45, 7) is 3.58. The Balaban J connectivity index is 1.89. The van der Waals surface area contributed by atoms with Crippen LogP contribution in [-0.2, 0) is 5.41 Å². The van der Waals surface area contributed by atoms with Crippen molar-refractivity contribution in [3.63, 3.8) is 0 Å². The second kappa shape index (κ2) is 5.80. The molecule has 1 aliphatic rings. The van der Waals surface area contributed by atoms with Gasteiger partial charge in [-0.1, -0.05) is 67.6 Å². The summed E-state index contributed by atoms with van der Waals surface area (Å²) >= 11 is 0. The Morgan fingerprint density at radius 1 is 0.950 bits per heavy atom. The Hall–Kier alpha value is -1.60. The largest absolute Gasteiger partial charge is 0.314 e. The molecule has 2 aromatic rings. The Bertz CT molecular complexity index is 489. The Labute approximate surface area is 122 Å². The number of benzene rings is 2. The molecule has 1 heterocycles. The third kappa shape index (κ3) is 2.64. The average Bonchev–Trinajstić information content (AvgIpc) is 2.47. The summed E-state index contributed by atoms with van der Waals surface area (Å²) in [6.07, 6.45) is 3.78.